The molecule has 1 aliphatic rings. The summed E-state index contributed by atoms with van der Waals surface area (Å²) < 4.78 is 28.4. The van der Waals surface area contributed by atoms with Gasteiger partial charge in [0.2, 0.25) is 10.0 Å². The van der Waals surface area contributed by atoms with E-state index in [-0.39, 0.29) is 11.7 Å². The van der Waals surface area contributed by atoms with Crippen molar-refractivity contribution in [2.24, 2.45) is 0 Å². The minimum Gasteiger partial charge on any atom is -0.340 e. The number of rotatable bonds is 7. The first-order chi connectivity index (χ1) is 13.0. The zero-order valence-corrected chi connectivity index (χ0v) is 16.3. The first-order valence-corrected chi connectivity index (χ1v) is 10.9. The van der Waals surface area contributed by atoms with Crippen LogP contribution < -0.4 is 15.4 Å². The summed E-state index contributed by atoms with van der Waals surface area (Å²) in [7, 11) is -3.37. The second-order valence-electron chi connectivity index (χ2n) is 6.74. The number of amides is 1. The number of hydrogen-bond acceptors (Lipinski definition) is 4. The molecule has 146 valence electrons. The largest absolute Gasteiger partial charge is 0.340 e. The Balaban J connectivity index is 1.72. The maximum absolute atomic E-state index is 12.8. The van der Waals surface area contributed by atoms with Crippen molar-refractivity contribution in [1.29, 1.82) is 0 Å². The van der Waals surface area contributed by atoms with E-state index in [4.69, 9.17) is 0 Å². The van der Waals surface area contributed by atoms with E-state index in [1.165, 1.54) is 0 Å². The van der Waals surface area contributed by atoms with Crippen LogP contribution in [0.3, 0.4) is 0 Å². The highest BCUT2D eigenvalue weighted by molar-refractivity contribution is 7.92. The molecule has 0 saturated carbocycles. The number of sulfonamides is 1. The molecule has 1 aliphatic heterocycles. The lowest BCUT2D eigenvalue weighted by molar-refractivity contribution is 0.101. The van der Waals surface area contributed by atoms with Gasteiger partial charge in [0, 0.05) is 17.9 Å². The van der Waals surface area contributed by atoms with Gasteiger partial charge in [-0.05, 0) is 62.7 Å². The third kappa shape index (κ3) is 5.11. The zero-order valence-electron chi connectivity index (χ0n) is 15.4. The normalized spacial score (nSPS) is 15.4. The summed E-state index contributed by atoms with van der Waals surface area (Å²) >= 11 is 0. The molecule has 3 rings (SSSR count). The Hall–Kier alpha value is -2.32. The molecule has 8 heteroatoms. The van der Waals surface area contributed by atoms with E-state index in [0.29, 0.717) is 29.5 Å². The molecule has 1 amide bonds. The highest BCUT2D eigenvalue weighted by Gasteiger charge is 2.20. The van der Waals surface area contributed by atoms with Crippen molar-refractivity contribution in [1.82, 2.24) is 9.88 Å². The van der Waals surface area contributed by atoms with Gasteiger partial charge in [0.25, 0.3) is 5.91 Å². The van der Waals surface area contributed by atoms with Crippen molar-refractivity contribution in [3.8, 4) is 0 Å². The van der Waals surface area contributed by atoms with E-state index >= 15 is 0 Å². The predicted octanol–water partition coefficient (Wildman–Crippen LogP) is 2.82. The molecule has 27 heavy (non-hydrogen) atoms. The summed E-state index contributed by atoms with van der Waals surface area (Å²) in [5, 5.41) is 6.20. The van der Waals surface area contributed by atoms with Crippen LogP contribution in [0.2, 0.25) is 0 Å². The van der Waals surface area contributed by atoms with Crippen LogP contribution in [0.5, 0.6) is 0 Å². The molecular weight excluding hydrogens is 364 g/mol. The number of aromatic nitrogens is 1. The number of anilines is 2. The van der Waals surface area contributed by atoms with Gasteiger partial charge < -0.3 is 15.2 Å². The smallest absolute Gasteiger partial charge is 0.272 e. The fourth-order valence-electron chi connectivity index (χ4n) is 3.34. The van der Waals surface area contributed by atoms with Gasteiger partial charge in [0.15, 0.2) is 0 Å². The van der Waals surface area contributed by atoms with E-state index in [1.54, 1.807) is 24.3 Å². The van der Waals surface area contributed by atoms with Gasteiger partial charge in [0.1, 0.15) is 5.69 Å². The maximum atomic E-state index is 12.8. The average molecular weight is 391 g/mol. The Morgan fingerprint density at radius 2 is 1.93 bits per heavy atom. The van der Waals surface area contributed by atoms with Crippen molar-refractivity contribution in [2.75, 3.05) is 28.9 Å². The van der Waals surface area contributed by atoms with E-state index in [2.05, 4.69) is 15.4 Å². The molecular formula is C19H26N4O3S. The summed E-state index contributed by atoms with van der Waals surface area (Å²) in [6.07, 6.45) is 4.47. The van der Waals surface area contributed by atoms with Crippen molar-refractivity contribution in [3.05, 3.63) is 48.3 Å². The van der Waals surface area contributed by atoms with Crippen LogP contribution in [-0.4, -0.2) is 37.7 Å². The number of carbonyl (C=O) groups excluding carboxylic acids is 1. The molecule has 0 radical (unpaired) electrons. The van der Waals surface area contributed by atoms with Crippen LogP contribution in [0.15, 0.2) is 42.6 Å². The van der Waals surface area contributed by atoms with Gasteiger partial charge in [-0.15, -0.1) is 0 Å². The Kier molecular flexibility index (Phi) is 6.18. The molecule has 2 heterocycles. The monoisotopic (exact) mass is 390 g/mol. The third-order valence-electron chi connectivity index (χ3n) is 4.58. The lowest BCUT2D eigenvalue weighted by Gasteiger charge is -2.26. The summed E-state index contributed by atoms with van der Waals surface area (Å²) in [5.41, 5.74) is 1.60. The average Bonchev–Trinajstić information content (AvgIpc) is 3.12. The molecule has 0 aliphatic carbocycles. The number of nitrogens with one attached hydrogen (secondary N) is 3. The van der Waals surface area contributed by atoms with Crippen molar-refractivity contribution in [3.63, 3.8) is 0 Å². The van der Waals surface area contributed by atoms with Gasteiger partial charge in [-0.2, -0.15) is 0 Å². The van der Waals surface area contributed by atoms with E-state index in [0.717, 1.165) is 25.9 Å². The highest BCUT2D eigenvalue weighted by Crippen LogP contribution is 2.23. The molecule has 1 fully saturated rings. The van der Waals surface area contributed by atoms with Crippen molar-refractivity contribution >= 4 is 27.3 Å². The highest BCUT2D eigenvalue weighted by atomic mass is 32.2. The molecule has 0 spiro atoms. The van der Waals surface area contributed by atoms with Gasteiger partial charge in [-0.3, -0.25) is 9.52 Å². The number of benzene rings is 1. The van der Waals surface area contributed by atoms with Crippen LogP contribution in [-0.2, 0) is 10.0 Å². The fourth-order valence-corrected chi connectivity index (χ4v) is 4.47. The predicted molar refractivity (Wildman–Crippen MR) is 108 cm³/mol. The molecule has 0 bridgehead atoms. The van der Waals surface area contributed by atoms with Crippen LogP contribution in [0.1, 0.15) is 42.7 Å². The van der Waals surface area contributed by atoms with Crippen molar-refractivity contribution in [2.45, 2.75) is 32.2 Å². The summed E-state index contributed by atoms with van der Waals surface area (Å²) in [6, 6.07) is 10.8. The minimum absolute atomic E-state index is 0.0628. The SMILES string of the molecule is CCCS(=O)(=O)Nc1cccc(NC(=O)c2cccn2C2CCNCC2)c1. The molecule has 7 nitrogen and oxygen atoms in total. The molecule has 1 saturated heterocycles. The van der Waals surface area contributed by atoms with Crippen LogP contribution in [0, 0.1) is 0 Å². The molecule has 2 aromatic rings. The van der Waals surface area contributed by atoms with E-state index in [9.17, 15) is 13.2 Å². The number of nitrogens with zero attached hydrogens (tertiary/aromatic N) is 1. The third-order valence-corrected chi connectivity index (χ3v) is 6.07. The molecule has 0 atom stereocenters. The fraction of sp³-hybridized carbons (Fsp3) is 0.421. The Morgan fingerprint density at radius 3 is 2.67 bits per heavy atom. The Morgan fingerprint density at radius 1 is 1.19 bits per heavy atom. The molecule has 1 aromatic carbocycles. The summed E-state index contributed by atoms with van der Waals surface area (Å²) in [5.74, 6) is -0.139. The number of hydrogen-bond donors (Lipinski definition) is 3. The number of piperidine rings is 1. The van der Waals surface area contributed by atoms with Gasteiger partial charge in [-0.1, -0.05) is 13.0 Å². The van der Waals surface area contributed by atoms with Gasteiger partial charge in [-0.25, -0.2) is 8.42 Å². The second kappa shape index (κ2) is 8.58. The van der Waals surface area contributed by atoms with E-state index in [1.807, 2.05) is 29.8 Å². The minimum atomic E-state index is -3.37. The quantitative estimate of drug-likeness (QED) is 0.678. The Bertz CT molecular complexity index is 886. The van der Waals surface area contributed by atoms with Gasteiger partial charge >= 0.3 is 0 Å². The zero-order chi connectivity index (χ0) is 19.3. The van der Waals surface area contributed by atoms with Gasteiger partial charge in [0.05, 0.1) is 11.4 Å². The second-order valence-corrected chi connectivity index (χ2v) is 8.58. The lowest BCUT2D eigenvalue weighted by Crippen LogP contribution is -2.31. The first-order valence-electron chi connectivity index (χ1n) is 9.28. The van der Waals surface area contributed by atoms with Crippen molar-refractivity contribution < 1.29 is 13.2 Å². The Labute approximate surface area is 160 Å². The van der Waals surface area contributed by atoms with Crippen LogP contribution in [0.25, 0.3) is 0 Å². The topological polar surface area (TPSA) is 92.2 Å². The lowest BCUT2D eigenvalue weighted by atomic mass is 10.1. The van der Waals surface area contributed by atoms with E-state index < -0.39 is 10.0 Å². The maximum Gasteiger partial charge on any atom is 0.272 e. The standard InChI is InChI=1S/C19H26N4O3S/c1-2-13-27(25,26)22-16-6-3-5-15(14-16)21-19(24)18-7-4-12-23(18)17-8-10-20-11-9-17/h3-7,12,14,17,20,22H,2,8-11,13H2,1H3,(H,21,24). The van der Waals surface area contributed by atoms with Crippen LogP contribution in [0.4, 0.5) is 11.4 Å². The number of carbonyl (C=O) groups is 1. The summed E-state index contributed by atoms with van der Waals surface area (Å²) in [6.45, 7) is 3.71. The molecule has 3 N–H and O–H groups in total. The molecule has 1 aromatic heterocycles. The molecule has 0 unspecified atom stereocenters. The first kappa shape index (κ1) is 19.4. The summed E-state index contributed by atoms with van der Waals surface area (Å²) in [4.78, 5) is 12.8. The van der Waals surface area contributed by atoms with Crippen LogP contribution >= 0.6 is 0 Å².